The Morgan fingerprint density at radius 1 is 1.10 bits per heavy atom. The Bertz CT molecular complexity index is 826. The zero-order chi connectivity index (χ0) is 14.8. The lowest BCUT2D eigenvalue weighted by Crippen LogP contribution is -2.41. The minimum atomic E-state index is -0.476. The van der Waals surface area contributed by atoms with Crippen LogP contribution in [0.3, 0.4) is 0 Å². The van der Waals surface area contributed by atoms with Crippen molar-refractivity contribution in [2.24, 2.45) is 0 Å². The molecule has 2 amide bonds. The number of hydrogen-bond acceptors (Lipinski definition) is 4. The Kier molecular flexibility index (Phi) is 3.72. The molecule has 3 rings (SSSR count). The molecule has 2 aromatic heterocycles. The lowest BCUT2D eigenvalue weighted by atomic mass is 10.2. The molecule has 0 saturated carbocycles. The van der Waals surface area contributed by atoms with Crippen LogP contribution in [-0.4, -0.2) is 22.0 Å². The molecular formula is C13H9BrN4O2S. The fraction of sp³-hybridized carbons (Fsp3) is 0. The number of carbonyl (C=O) groups excluding carboxylic acids is 2. The van der Waals surface area contributed by atoms with Crippen molar-refractivity contribution in [3.63, 3.8) is 0 Å². The number of H-pyrrole nitrogens is 1. The van der Waals surface area contributed by atoms with Gasteiger partial charge >= 0.3 is 0 Å². The average molecular weight is 365 g/mol. The Morgan fingerprint density at radius 2 is 1.86 bits per heavy atom. The van der Waals surface area contributed by atoms with Crippen molar-refractivity contribution >= 4 is 50.0 Å². The molecule has 8 heteroatoms. The molecule has 0 fully saturated rings. The van der Waals surface area contributed by atoms with Crippen LogP contribution in [-0.2, 0) is 0 Å². The monoisotopic (exact) mass is 364 g/mol. The summed E-state index contributed by atoms with van der Waals surface area (Å²) in [6, 6.07) is 10.7. The van der Waals surface area contributed by atoms with Crippen LogP contribution in [0.5, 0.6) is 0 Å². The number of aromatic amines is 1. The summed E-state index contributed by atoms with van der Waals surface area (Å²) in [6.07, 6.45) is 0. The number of fused-ring (bicyclic) bond motifs is 1. The highest BCUT2D eigenvalue weighted by molar-refractivity contribution is 9.11. The van der Waals surface area contributed by atoms with Gasteiger partial charge in [0.1, 0.15) is 0 Å². The van der Waals surface area contributed by atoms with Gasteiger partial charge in [-0.1, -0.05) is 18.2 Å². The van der Waals surface area contributed by atoms with E-state index in [9.17, 15) is 9.59 Å². The molecule has 21 heavy (non-hydrogen) atoms. The van der Waals surface area contributed by atoms with Crippen LogP contribution in [0.4, 0.5) is 0 Å². The molecule has 3 N–H and O–H groups in total. The Hall–Kier alpha value is -2.19. The van der Waals surface area contributed by atoms with Crippen LogP contribution in [0.2, 0.25) is 0 Å². The van der Waals surface area contributed by atoms with E-state index in [0.29, 0.717) is 10.3 Å². The molecule has 0 unspecified atom stereocenters. The predicted octanol–water partition coefficient (Wildman–Crippen LogP) is 2.46. The molecule has 2 heterocycles. The molecule has 0 radical (unpaired) electrons. The van der Waals surface area contributed by atoms with Crippen LogP contribution < -0.4 is 10.9 Å². The quantitative estimate of drug-likeness (QED) is 0.610. The normalized spacial score (nSPS) is 10.5. The summed E-state index contributed by atoms with van der Waals surface area (Å²) in [5.41, 5.74) is 5.71. The van der Waals surface area contributed by atoms with E-state index in [1.165, 1.54) is 11.3 Å². The molecule has 0 atom stereocenters. The first-order valence-electron chi connectivity index (χ1n) is 5.94. The zero-order valence-corrected chi connectivity index (χ0v) is 12.9. The number of carbonyl (C=O) groups is 2. The zero-order valence-electron chi connectivity index (χ0n) is 10.5. The molecule has 0 aliphatic carbocycles. The Labute approximate surface area is 131 Å². The van der Waals surface area contributed by atoms with Gasteiger partial charge in [-0.05, 0) is 34.1 Å². The molecule has 3 aromatic rings. The smallest absolute Gasteiger partial charge is 0.277 e. The van der Waals surface area contributed by atoms with Gasteiger partial charge in [-0.15, -0.1) is 11.3 Å². The van der Waals surface area contributed by atoms with E-state index < -0.39 is 5.91 Å². The molecule has 0 aliphatic heterocycles. The number of aromatic nitrogens is 2. The minimum absolute atomic E-state index is 0.235. The third kappa shape index (κ3) is 2.81. The maximum absolute atomic E-state index is 12.0. The van der Waals surface area contributed by atoms with Crippen LogP contribution in [0.25, 0.3) is 10.9 Å². The Morgan fingerprint density at radius 3 is 2.62 bits per heavy atom. The van der Waals surface area contributed by atoms with E-state index in [4.69, 9.17) is 0 Å². The van der Waals surface area contributed by atoms with E-state index in [2.05, 4.69) is 37.0 Å². The van der Waals surface area contributed by atoms with Crippen molar-refractivity contribution < 1.29 is 9.59 Å². The number of nitrogens with one attached hydrogen (secondary N) is 3. The minimum Gasteiger partial charge on any atom is -0.277 e. The Balaban J connectivity index is 1.71. The molecular weight excluding hydrogens is 356 g/mol. The lowest BCUT2D eigenvalue weighted by molar-refractivity contribution is 0.0847. The fourth-order valence-corrected chi connectivity index (χ4v) is 3.09. The van der Waals surface area contributed by atoms with E-state index in [1.54, 1.807) is 18.2 Å². The van der Waals surface area contributed by atoms with Crippen molar-refractivity contribution in [3.8, 4) is 0 Å². The number of hydrogen-bond donors (Lipinski definition) is 3. The number of hydrazine groups is 1. The number of halogens is 1. The third-order valence-electron chi connectivity index (χ3n) is 2.77. The molecule has 0 spiro atoms. The summed E-state index contributed by atoms with van der Waals surface area (Å²) >= 11 is 4.56. The summed E-state index contributed by atoms with van der Waals surface area (Å²) in [4.78, 5) is 24.4. The molecule has 6 nitrogen and oxygen atoms in total. The molecule has 0 bridgehead atoms. The first-order valence-corrected chi connectivity index (χ1v) is 7.55. The summed E-state index contributed by atoms with van der Waals surface area (Å²) in [5, 5.41) is 7.42. The van der Waals surface area contributed by atoms with E-state index in [1.807, 2.05) is 18.2 Å². The maximum Gasteiger partial charge on any atom is 0.290 e. The van der Waals surface area contributed by atoms with Crippen molar-refractivity contribution in [1.29, 1.82) is 0 Å². The van der Waals surface area contributed by atoms with Crippen molar-refractivity contribution in [2.75, 3.05) is 0 Å². The number of amides is 2. The summed E-state index contributed by atoms with van der Waals surface area (Å²) < 4.78 is 0.845. The molecule has 1 aromatic carbocycles. The number of thiophene rings is 1. The number of benzene rings is 1. The van der Waals surface area contributed by atoms with Crippen molar-refractivity contribution in [1.82, 2.24) is 21.0 Å². The topological polar surface area (TPSA) is 86.9 Å². The number of rotatable bonds is 2. The van der Waals surface area contributed by atoms with E-state index in [0.717, 1.165) is 9.30 Å². The third-order valence-corrected chi connectivity index (χ3v) is 4.39. The van der Waals surface area contributed by atoms with Crippen molar-refractivity contribution in [2.45, 2.75) is 0 Å². The molecule has 106 valence electrons. The van der Waals surface area contributed by atoms with Crippen LogP contribution in [0.1, 0.15) is 20.2 Å². The highest BCUT2D eigenvalue weighted by atomic mass is 79.9. The summed E-state index contributed by atoms with van der Waals surface area (Å²) in [7, 11) is 0. The van der Waals surface area contributed by atoms with Crippen molar-refractivity contribution in [3.05, 3.63) is 50.8 Å². The second-order valence-corrected chi connectivity index (χ2v) is 6.59. The van der Waals surface area contributed by atoms with Gasteiger partial charge in [0.25, 0.3) is 11.8 Å². The standard InChI is InChI=1S/C13H9BrN4O2S/c14-10-6-5-9(21-10)12(19)17-18-13(20)11-7-3-1-2-4-8(7)15-16-11/h1-6H,(H,15,16)(H,17,19)(H,18,20). The fourth-order valence-electron chi connectivity index (χ4n) is 1.81. The second kappa shape index (κ2) is 5.66. The number of para-hydroxylation sites is 1. The largest absolute Gasteiger partial charge is 0.290 e. The summed E-state index contributed by atoms with van der Waals surface area (Å²) in [6.45, 7) is 0. The van der Waals surface area contributed by atoms with Gasteiger partial charge in [-0.3, -0.25) is 25.5 Å². The maximum atomic E-state index is 12.0. The summed E-state index contributed by atoms with van der Waals surface area (Å²) in [5.74, 6) is -0.852. The average Bonchev–Trinajstić information content (AvgIpc) is 3.10. The van der Waals surface area contributed by atoms with Crippen LogP contribution in [0, 0.1) is 0 Å². The van der Waals surface area contributed by atoms with Gasteiger partial charge in [0.2, 0.25) is 0 Å². The highest BCUT2D eigenvalue weighted by Gasteiger charge is 2.15. The SMILES string of the molecule is O=C(NNC(=O)c1n[nH]c2ccccc12)c1ccc(Br)s1. The van der Waals surface area contributed by atoms with Gasteiger partial charge in [0, 0.05) is 5.39 Å². The lowest BCUT2D eigenvalue weighted by Gasteiger charge is -2.04. The highest BCUT2D eigenvalue weighted by Crippen LogP contribution is 2.21. The molecule has 0 aliphatic rings. The van der Waals surface area contributed by atoms with E-state index >= 15 is 0 Å². The first kappa shape index (κ1) is 13.8. The second-order valence-electron chi connectivity index (χ2n) is 4.13. The van der Waals surface area contributed by atoms with Crippen LogP contribution >= 0.6 is 27.3 Å². The molecule has 0 saturated heterocycles. The van der Waals surface area contributed by atoms with E-state index in [-0.39, 0.29) is 11.6 Å². The van der Waals surface area contributed by atoms with Crippen LogP contribution in [0.15, 0.2) is 40.2 Å². The van der Waals surface area contributed by atoms with Gasteiger partial charge in [0.05, 0.1) is 14.2 Å². The first-order chi connectivity index (χ1) is 10.1. The van der Waals surface area contributed by atoms with Gasteiger partial charge < -0.3 is 0 Å². The van der Waals surface area contributed by atoms with Gasteiger partial charge in [-0.25, -0.2) is 0 Å². The number of nitrogens with zero attached hydrogens (tertiary/aromatic N) is 1. The predicted molar refractivity (Wildman–Crippen MR) is 83.0 cm³/mol. The van der Waals surface area contributed by atoms with Gasteiger partial charge in [0.15, 0.2) is 5.69 Å². The van der Waals surface area contributed by atoms with Gasteiger partial charge in [-0.2, -0.15) is 5.10 Å².